The molecule has 1 heterocycles. The van der Waals surface area contributed by atoms with E-state index in [1.54, 1.807) is 30.6 Å². The van der Waals surface area contributed by atoms with Gasteiger partial charge >= 0.3 is 0 Å². The van der Waals surface area contributed by atoms with Crippen LogP contribution in [0.4, 0.5) is 5.69 Å². The largest absolute Gasteiger partial charge is 0.270 e. The normalized spacial score (nSPS) is 10.1. The predicted octanol–water partition coefficient (Wildman–Crippen LogP) is 3.31. The molecule has 80 valence electrons. The summed E-state index contributed by atoms with van der Waals surface area (Å²) in [4.78, 5) is 14.0. The highest BCUT2D eigenvalue weighted by Gasteiger charge is 2.10. The van der Waals surface area contributed by atoms with Gasteiger partial charge in [-0.25, -0.2) is 0 Å². The molecule has 1 aromatic carbocycles. The minimum absolute atomic E-state index is 0.0113. The van der Waals surface area contributed by atoms with Crippen LogP contribution >= 0.6 is 11.6 Å². The number of pyridine rings is 1. The summed E-state index contributed by atoms with van der Waals surface area (Å²) in [5.41, 5.74) is 1.63. The van der Waals surface area contributed by atoms with Crippen LogP contribution in [0.5, 0.6) is 0 Å². The molecule has 0 aliphatic rings. The van der Waals surface area contributed by atoms with Gasteiger partial charge in [0.2, 0.25) is 0 Å². The van der Waals surface area contributed by atoms with Crippen molar-refractivity contribution in [3.05, 3.63) is 57.9 Å². The molecule has 0 spiro atoms. The van der Waals surface area contributed by atoms with Crippen LogP contribution < -0.4 is 0 Å². The first-order valence-corrected chi connectivity index (χ1v) is 4.90. The second-order valence-electron chi connectivity index (χ2n) is 3.16. The number of nitrogens with zero attached hydrogens (tertiary/aromatic N) is 2. The molecule has 0 atom stereocenters. The van der Waals surface area contributed by atoms with Crippen molar-refractivity contribution in [1.82, 2.24) is 4.98 Å². The fraction of sp³-hybridized carbons (Fsp3) is 0. The van der Waals surface area contributed by atoms with Crippen LogP contribution in [0.2, 0.25) is 5.02 Å². The third kappa shape index (κ3) is 2.01. The number of halogens is 1. The monoisotopic (exact) mass is 234 g/mol. The van der Waals surface area contributed by atoms with Crippen LogP contribution in [-0.4, -0.2) is 9.91 Å². The fourth-order valence-electron chi connectivity index (χ4n) is 1.38. The summed E-state index contributed by atoms with van der Waals surface area (Å²) in [5.74, 6) is 0. The summed E-state index contributed by atoms with van der Waals surface area (Å²) in [7, 11) is 0. The molecular formula is C11H7ClN2O2. The van der Waals surface area contributed by atoms with Gasteiger partial charge in [-0.05, 0) is 23.8 Å². The van der Waals surface area contributed by atoms with E-state index in [0.717, 1.165) is 11.1 Å². The Morgan fingerprint density at radius 3 is 2.44 bits per heavy atom. The van der Waals surface area contributed by atoms with E-state index in [1.807, 2.05) is 0 Å². The van der Waals surface area contributed by atoms with Crippen molar-refractivity contribution in [3.8, 4) is 11.1 Å². The zero-order chi connectivity index (χ0) is 11.5. The standard InChI is InChI=1S/C11H7ClN2O2/c12-11-7-9(14(15)16)1-2-10(11)8-3-5-13-6-4-8/h1-7H. The van der Waals surface area contributed by atoms with Gasteiger partial charge in [-0.1, -0.05) is 11.6 Å². The third-order valence-corrected chi connectivity index (χ3v) is 2.47. The molecule has 16 heavy (non-hydrogen) atoms. The Balaban J connectivity index is 2.48. The van der Waals surface area contributed by atoms with Gasteiger partial charge in [0.25, 0.3) is 5.69 Å². The van der Waals surface area contributed by atoms with Gasteiger partial charge in [0.05, 0.1) is 9.95 Å². The van der Waals surface area contributed by atoms with E-state index in [0.29, 0.717) is 5.02 Å². The van der Waals surface area contributed by atoms with Crippen molar-refractivity contribution < 1.29 is 4.92 Å². The lowest BCUT2D eigenvalue weighted by Crippen LogP contribution is -1.88. The quantitative estimate of drug-likeness (QED) is 0.592. The molecule has 5 heteroatoms. The Hall–Kier alpha value is -1.94. The number of nitro benzene ring substituents is 1. The summed E-state index contributed by atoms with van der Waals surface area (Å²) in [6, 6.07) is 8.01. The van der Waals surface area contributed by atoms with Gasteiger partial charge in [0.1, 0.15) is 0 Å². The molecule has 0 aliphatic heterocycles. The van der Waals surface area contributed by atoms with E-state index in [2.05, 4.69) is 4.98 Å². The second-order valence-corrected chi connectivity index (χ2v) is 3.56. The van der Waals surface area contributed by atoms with E-state index in [4.69, 9.17) is 11.6 Å². The zero-order valence-corrected chi connectivity index (χ0v) is 8.89. The van der Waals surface area contributed by atoms with Crippen molar-refractivity contribution >= 4 is 17.3 Å². The molecule has 0 amide bonds. The topological polar surface area (TPSA) is 56.0 Å². The summed E-state index contributed by atoms with van der Waals surface area (Å²) in [6.45, 7) is 0. The summed E-state index contributed by atoms with van der Waals surface area (Å²) < 4.78 is 0. The summed E-state index contributed by atoms with van der Waals surface area (Å²) >= 11 is 5.98. The zero-order valence-electron chi connectivity index (χ0n) is 8.13. The highest BCUT2D eigenvalue weighted by atomic mass is 35.5. The lowest BCUT2D eigenvalue weighted by molar-refractivity contribution is -0.384. The molecule has 0 aliphatic carbocycles. The molecule has 0 fully saturated rings. The SMILES string of the molecule is O=[N+]([O-])c1ccc(-c2ccncc2)c(Cl)c1. The van der Waals surface area contributed by atoms with Crippen LogP contribution in [-0.2, 0) is 0 Å². The highest BCUT2D eigenvalue weighted by Crippen LogP contribution is 2.30. The maximum atomic E-state index is 10.5. The molecule has 2 aromatic rings. The molecule has 1 aromatic heterocycles. The molecule has 4 nitrogen and oxygen atoms in total. The average molecular weight is 235 g/mol. The second kappa shape index (κ2) is 4.28. The molecule has 2 rings (SSSR count). The molecule has 0 bridgehead atoms. The van der Waals surface area contributed by atoms with Gasteiger partial charge in [-0.15, -0.1) is 0 Å². The minimum atomic E-state index is -0.470. The van der Waals surface area contributed by atoms with Crippen LogP contribution in [0.25, 0.3) is 11.1 Å². The Kier molecular flexibility index (Phi) is 2.83. The van der Waals surface area contributed by atoms with Gasteiger partial charge in [-0.2, -0.15) is 0 Å². The summed E-state index contributed by atoms with van der Waals surface area (Å²) in [6.07, 6.45) is 3.29. The predicted molar refractivity (Wildman–Crippen MR) is 61.3 cm³/mol. The first kappa shape index (κ1) is 10.6. The fourth-order valence-corrected chi connectivity index (χ4v) is 1.67. The van der Waals surface area contributed by atoms with Gasteiger partial charge < -0.3 is 0 Å². The maximum Gasteiger partial charge on any atom is 0.270 e. The molecular weight excluding hydrogens is 228 g/mol. The number of non-ortho nitro benzene ring substituents is 1. The van der Waals surface area contributed by atoms with Gasteiger partial charge in [0.15, 0.2) is 0 Å². The number of benzene rings is 1. The van der Waals surface area contributed by atoms with Crippen molar-refractivity contribution in [3.63, 3.8) is 0 Å². The molecule has 0 unspecified atom stereocenters. The third-order valence-electron chi connectivity index (χ3n) is 2.15. The lowest BCUT2D eigenvalue weighted by Gasteiger charge is -2.03. The van der Waals surface area contributed by atoms with E-state index in [1.165, 1.54) is 12.1 Å². The van der Waals surface area contributed by atoms with Crippen molar-refractivity contribution in [2.24, 2.45) is 0 Å². The Morgan fingerprint density at radius 2 is 1.88 bits per heavy atom. The Morgan fingerprint density at radius 1 is 1.19 bits per heavy atom. The first-order valence-electron chi connectivity index (χ1n) is 4.53. The van der Waals surface area contributed by atoms with Crippen LogP contribution in [0, 0.1) is 10.1 Å². The van der Waals surface area contributed by atoms with Gasteiger partial charge in [-0.3, -0.25) is 15.1 Å². The first-order chi connectivity index (χ1) is 7.68. The minimum Gasteiger partial charge on any atom is -0.265 e. The average Bonchev–Trinajstić information content (AvgIpc) is 2.30. The van der Waals surface area contributed by atoms with Gasteiger partial charge in [0, 0.05) is 30.1 Å². The number of aromatic nitrogens is 1. The molecule has 0 saturated carbocycles. The smallest absolute Gasteiger partial charge is 0.265 e. The lowest BCUT2D eigenvalue weighted by atomic mass is 10.1. The van der Waals surface area contributed by atoms with Crippen LogP contribution in [0.15, 0.2) is 42.7 Å². The molecule has 0 N–H and O–H groups in total. The van der Waals surface area contributed by atoms with E-state index < -0.39 is 4.92 Å². The van der Waals surface area contributed by atoms with Crippen molar-refractivity contribution in [2.45, 2.75) is 0 Å². The van der Waals surface area contributed by atoms with E-state index >= 15 is 0 Å². The van der Waals surface area contributed by atoms with Crippen LogP contribution in [0.1, 0.15) is 0 Å². The maximum absolute atomic E-state index is 10.5. The highest BCUT2D eigenvalue weighted by molar-refractivity contribution is 6.33. The van der Waals surface area contributed by atoms with E-state index in [9.17, 15) is 10.1 Å². The van der Waals surface area contributed by atoms with Crippen LogP contribution in [0.3, 0.4) is 0 Å². The number of hydrogen-bond acceptors (Lipinski definition) is 3. The molecule has 0 radical (unpaired) electrons. The number of rotatable bonds is 2. The Labute approximate surface area is 96.7 Å². The number of hydrogen-bond donors (Lipinski definition) is 0. The summed E-state index contributed by atoms with van der Waals surface area (Å²) in [5, 5.41) is 10.9. The molecule has 0 saturated heterocycles. The van der Waals surface area contributed by atoms with Crippen molar-refractivity contribution in [1.29, 1.82) is 0 Å². The van der Waals surface area contributed by atoms with E-state index in [-0.39, 0.29) is 5.69 Å². The number of nitro groups is 1. The van der Waals surface area contributed by atoms with Crippen molar-refractivity contribution in [2.75, 3.05) is 0 Å². The Bertz CT molecular complexity index is 529.